The van der Waals surface area contributed by atoms with E-state index in [1.165, 1.54) is 175 Å². The third kappa shape index (κ3) is 14.9. The second-order valence-electron chi connectivity index (χ2n) is 28.7. The number of hydrogen-bond donors (Lipinski definition) is 0. The fourth-order valence-corrected chi connectivity index (χ4v) is 17.2. The highest BCUT2D eigenvalue weighted by atomic mass is 15.0. The molecule has 0 aliphatic heterocycles. The summed E-state index contributed by atoms with van der Waals surface area (Å²) in [7, 11) is 12.8. The lowest BCUT2D eigenvalue weighted by Gasteiger charge is -2.21. The summed E-state index contributed by atoms with van der Waals surface area (Å²) in [6.07, 6.45) is 0. The van der Waals surface area contributed by atoms with Gasteiger partial charge in [-0.25, -0.2) is 0 Å². The average molecular weight is 1500 g/mol. The van der Waals surface area contributed by atoms with Gasteiger partial charge in [-0.15, -0.1) is 0 Å². The molecule has 6 nitrogen and oxygen atoms in total. The average Bonchev–Trinajstić information content (AvgIpc) is 1.56. The van der Waals surface area contributed by atoms with Crippen molar-refractivity contribution in [1.82, 2.24) is 27.4 Å². The smallest absolute Gasteiger partial charge is 0.0495 e. The Labute approximate surface area is 677 Å². The van der Waals surface area contributed by atoms with Crippen molar-refractivity contribution >= 4 is 131 Å². The van der Waals surface area contributed by atoms with Gasteiger partial charge in [0, 0.05) is 184 Å². The minimum atomic E-state index is 0.0660. The van der Waals surface area contributed by atoms with E-state index in [9.17, 15) is 0 Å². The van der Waals surface area contributed by atoms with Crippen molar-refractivity contribution < 1.29 is 0 Å². The van der Waals surface area contributed by atoms with Gasteiger partial charge in [-0.3, -0.25) is 0 Å². The second kappa shape index (κ2) is 36.6. The molecular weight excluding hydrogens is 1380 g/mol. The van der Waals surface area contributed by atoms with Gasteiger partial charge in [0.2, 0.25) is 0 Å². The largest absolute Gasteiger partial charge is 0.344 e. The van der Waals surface area contributed by atoms with E-state index in [1.54, 1.807) is 0 Å². The van der Waals surface area contributed by atoms with Crippen LogP contribution < -0.4 is 0 Å². The van der Waals surface area contributed by atoms with Gasteiger partial charge in [0.05, 0.1) is 0 Å². The summed E-state index contributed by atoms with van der Waals surface area (Å²) in [4.78, 5) is 0. The summed E-state index contributed by atoms with van der Waals surface area (Å²) >= 11 is 0. The van der Waals surface area contributed by atoms with Crippen LogP contribution >= 0.6 is 0 Å². The molecule has 0 amide bonds. The summed E-state index contributed by atoms with van der Waals surface area (Å²) in [5, 5.41) is 16.1. The van der Waals surface area contributed by atoms with Gasteiger partial charge in [-0.05, 0) is 129 Å². The number of nitrogens with zero attached hydrogens (tertiary/aromatic N) is 6. The number of hydrogen-bond acceptors (Lipinski definition) is 0. The lowest BCUT2D eigenvalue weighted by Crippen LogP contribution is -2.14. The molecule has 0 saturated heterocycles. The number of para-hydroxylation sites is 10. The van der Waals surface area contributed by atoms with E-state index in [4.69, 9.17) is 0 Å². The van der Waals surface area contributed by atoms with Gasteiger partial charge >= 0.3 is 0 Å². The van der Waals surface area contributed by atoms with Crippen LogP contribution in [0.2, 0.25) is 0 Å². The Morgan fingerprint density at radius 3 is 0.561 bits per heavy atom. The van der Waals surface area contributed by atoms with Crippen LogP contribution in [0.3, 0.4) is 0 Å². The fourth-order valence-electron chi connectivity index (χ4n) is 17.2. The van der Waals surface area contributed by atoms with E-state index in [2.05, 4.69) is 413 Å². The fraction of sp³-hybridized carbons (Fsp3) is 0.222. The van der Waals surface area contributed by atoms with E-state index in [-0.39, 0.29) is 10.8 Å². The molecule has 6 aromatic heterocycles. The van der Waals surface area contributed by atoms with Crippen LogP contribution in [0.15, 0.2) is 315 Å². The topological polar surface area (TPSA) is 29.6 Å². The molecule has 0 atom stereocenters. The Kier molecular flexibility index (Phi) is 26.6. The molecule has 0 fully saturated rings. The molecule has 20 aromatic rings. The van der Waals surface area contributed by atoms with Gasteiger partial charge in [-0.2, -0.15) is 0 Å². The summed E-state index contributed by atoms with van der Waals surface area (Å²) in [5.41, 5.74) is 27.1. The Balaban J connectivity index is 0.000000133. The van der Waals surface area contributed by atoms with Crippen LogP contribution in [-0.4, -0.2) is 27.4 Å². The maximum Gasteiger partial charge on any atom is 0.0495 e. The Bertz CT molecular complexity index is 6000. The van der Waals surface area contributed by atoms with E-state index >= 15 is 0 Å². The van der Waals surface area contributed by atoms with Gasteiger partial charge in [0.15, 0.2) is 0 Å². The van der Waals surface area contributed by atoms with Crippen LogP contribution in [0.1, 0.15) is 133 Å². The number of aromatic nitrogens is 6. The minimum absolute atomic E-state index is 0.0660. The zero-order valence-electron chi connectivity index (χ0n) is 71.7. The van der Waals surface area contributed by atoms with Crippen molar-refractivity contribution in [3.05, 3.63) is 338 Å². The van der Waals surface area contributed by atoms with Crippen molar-refractivity contribution in [3.8, 4) is 22.3 Å². The van der Waals surface area contributed by atoms with Gasteiger partial charge < -0.3 is 27.4 Å². The van der Waals surface area contributed by atoms with E-state index in [0.29, 0.717) is 0 Å². The first-order chi connectivity index (χ1) is 55.7. The quantitative estimate of drug-likeness (QED) is 0.145. The lowest BCUT2D eigenvalue weighted by atomic mass is 9.82. The minimum Gasteiger partial charge on any atom is -0.344 e. The zero-order valence-corrected chi connectivity index (χ0v) is 71.7. The van der Waals surface area contributed by atoms with Crippen molar-refractivity contribution in [3.63, 3.8) is 0 Å². The standard InChI is InChI=1S/2C22H19N.4C13H11N.6C2H6/c1-22(2)18-10-6-4-8-14(18)16-13-21-17(12-19(16)22)15-9-5-7-11-20(15)23(21)3;1-22(2)18-10-6-4-8-14(18)16-12-17-15-9-5-7-11-20(15)23(3)21(17)13-19(16)22;4*1-14-12-8-4-2-6-10(12)11-7-3-5-9-13(11)14;6*1-2/h2*4-13H,1-3H3;4*2-9H,1H3;6*1-2H3. The summed E-state index contributed by atoms with van der Waals surface area (Å²) < 4.78 is 13.6. The molecule has 580 valence electrons. The molecule has 2 aliphatic carbocycles. The highest BCUT2D eigenvalue weighted by Gasteiger charge is 2.37. The lowest BCUT2D eigenvalue weighted by molar-refractivity contribution is 0.661. The maximum atomic E-state index is 2.42. The normalized spacial score (nSPS) is 11.9. The molecule has 2 aliphatic rings. The Morgan fingerprint density at radius 2 is 0.316 bits per heavy atom. The molecule has 0 spiro atoms. The molecule has 0 radical (unpaired) electrons. The number of aryl methyl sites for hydroxylation is 6. The highest BCUT2D eigenvalue weighted by molar-refractivity contribution is 6.14. The zero-order chi connectivity index (χ0) is 81.7. The van der Waals surface area contributed by atoms with Crippen LogP contribution in [0.5, 0.6) is 0 Å². The van der Waals surface area contributed by atoms with Crippen LogP contribution in [0.25, 0.3) is 153 Å². The number of fused-ring (bicyclic) bond motifs is 24. The molecule has 114 heavy (non-hydrogen) atoms. The first-order valence-electron chi connectivity index (χ1n) is 41.6. The molecule has 0 unspecified atom stereocenters. The Morgan fingerprint density at radius 1 is 0.149 bits per heavy atom. The maximum absolute atomic E-state index is 2.42. The predicted octanol–water partition coefficient (Wildman–Crippen LogP) is 30.8. The molecule has 14 aromatic carbocycles. The van der Waals surface area contributed by atoms with Crippen molar-refractivity contribution in [2.75, 3.05) is 0 Å². The molecule has 22 rings (SSSR count). The third-order valence-electron chi connectivity index (χ3n) is 22.5. The molecule has 6 heterocycles. The number of rotatable bonds is 0. The third-order valence-corrected chi connectivity index (χ3v) is 22.5. The molecule has 0 bridgehead atoms. The van der Waals surface area contributed by atoms with Crippen LogP contribution in [0.4, 0.5) is 0 Å². The molecule has 6 heteroatoms. The van der Waals surface area contributed by atoms with Crippen molar-refractivity contribution in [1.29, 1.82) is 0 Å². The number of benzene rings is 14. The van der Waals surface area contributed by atoms with Crippen molar-refractivity contribution in [2.24, 2.45) is 42.3 Å². The SMILES string of the molecule is CC.CC.CC.CC.CC.CC.Cn1c2ccccc2c2cc3c(cc21)-c1ccccc1C3(C)C.Cn1c2ccccc2c2cc3c(cc21)C(C)(C)c1ccccc1-3.Cn1c2ccccc2c2ccccc21.Cn1c2ccccc2c2ccccc21.Cn1c2ccccc2c2ccccc21.Cn1c2ccccc2c2ccccc21. The van der Waals surface area contributed by atoms with E-state index < -0.39 is 0 Å². The molecule has 0 saturated carbocycles. The molecule has 0 N–H and O–H groups in total. The first kappa shape index (κ1) is 82.8. The van der Waals surface area contributed by atoms with Gasteiger partial charge in [0.1, 0.15) is 0 Å². The second-order valence-corrected chi connectivity index (χ2v) is 28.7. The summed E-state index contributed by atoms with van der Waals surface area (Å²) in [5.74, 6) is 0. The van der Waals surface area contributed by atoms with Crippen LogP contribution in [-0.2, 0) is 53.1 Å². The van der Waals surface area contributed by atoms with Crippen molar-refractivity contribution in [2.45, 2.75) is 122 Å². The predicted molar refractivity (Wildman–Crippen MR) is 506 cm³/mol. The van der Waals surface area contributed by atoms with Gasteiger partial charge in [0.25, 0.3) is 0 Å². The van der Waals surface area contributed by atoms with Crippen LogP contribution in [0, 0.1) is 0 Å². The molecular formula is C108H118N6. The summed E-state index contributed by atoms with van der Waals surface area (Å²) in [6, 6.07) is 113. The van der Waals surface area contributed by atoms with E-state index in [0.717, 1.165) is 0 Å². The van der Waals surface area contributed by atoms with E-state index in [1.807, 2.05) is 83.1 Å². The monoisotopic (exact) mass is 1500 g/mol. The highest BCUT2D eigenvalue weighted by Crippen LogP contribution is 2.52. The van der Waals surface area contributed by atoms with Gasteiger partial charge in [-0.1, -0.05) is 341 Å². The summed E-state index contributed by atoms with van der Waals surface area (Å²) in [6.45, 7) is 33.4. The Hall–Kier alpha value is -12.1. The first-order valence-corrected chi connectivity index (χ1v) is 41.6.